The van der Waals surface area contributed by atoms with Crippen LogP contribution < -0.4 is 15.4 Å². The number of urea groups is 1. The molecule has 2 N–H and O–H groups in total. The van der Waals surface area contributed by atoms with Crippen molar-refractivity contribution in [2.75, 3.05) is 24.9 Å². The Balaban J connectivity index is 1.90. The Labute approximate surface area is 183 Å². The predicted octanol–water partition coefficient (Wildman–Crippen LogP) is 3.25. The number of anilines is 2. The molecular weight excluding hydrogens is 424 g/mol. The number of aromatic nitrogens is 5. The Morgan fingerprint density at radius 3 is 2.55 bits per heavy atom. The zero-order valence-corrected chi connectivity index (χ0v) is 17.9. The van der Waals surface area contributed by atoms with Gasteiger partial charge in [0.1, 0.15) is 11.8 Å². The number of nitrogens with zero attached hydrogens (tertiary/aromatic N) is 6. The third-order valence-corrected chi connectivity index (χ3v) is 4.68. The van der Waals surface area contributed by atoms with E-state index < -0.39 is 12.1 Å². The number of carbonyl (C=O) groups is 1. The summed E-state index contributed by atoms with van der Waals surface area (Å²) in [7, 11) is 2.92. The highest BCUT2D eigenvalue weighted by atomic mass is 35.5. The van der Waals surface area contributed by atoms with Crippen molar-refractivity contribution in [3.05, 3.63) is 46.5 Å². The third kappa shape index (κ3) is 4.55. The summed E-state index contributed by atoms with van der Waals surface area (Å²) in [5.74, 6) is 0.351. The average molecular weight is 443 g/mol. The summed E-state index contributed by atoms with van der Waals surface area (Å²) in [5, 5.41) is 23.0. The average Bonchev–Trinajstić information content (AvgIpc) is 3.29. The maximum atomic E-state index is 12.7. The summed E-state index contributed by atoms with van der Waals surface area (Å²) in [4.78, 5) is 22.4. The highest BCUT2D eigenvalue weighted by Crippen LogP contribution is 2.31. The molecule has 0 radical (unpaired) electrons. The number of nitrogens with one attached hydrogen (secondary N) is 2. The second-order valence-electron chi connectivity index (χ2n) is 6.28. The maximum absolute atomic E-state index is 12.7. The van der Waals surface area contributed by atoms with Crippen LogP contribution in [0.5, 0.6) is 5.88 Å². The highest BCUT2D eigenvalue weighted by molar-refractivity contribution is 6.32. The molecule has 12 heteroatoms. The lowest BCUT2D eigenvalue weighted by atomic mass is 10.0. The molecule has 0 aliphatic carbocycles. The molecular formula is C19H19ClN8O3. The van der Waals surface area contributed by atoms with Crippen molar-refractivity contribution in [1.82, 2.24) is 25.0 Å². The lowest BCUT2D eigenvalue weighted by Gasteiger charge is -2.19. The van der Waals surface area contributed by atoms with Gasteiger partial charge in [-0.15, -0.1) is 4.80 Å². The molecule has 3 aromatic heterocycles. The summed E-state index contributed by atoms with van der Waals surface area (Å²) < 4.78 is 10.6. The number of methoxy groups -OCH3 is 2. The number of hydrogen-bond acceptors (Lipinski definition) is 8. The molecule has 160 valence electrons. The fourth-order valence-corrected chi connectivity index (χ4v) is 3.08. The van der Waals surface area contributed by atoms with Gasteiger partial charge in [-0.05, 0) is 19.9 Å². The van der Waals surface area contributed by atoms with Gasteiger partial charge in [0.05, 0.1) is 53.8 Å². The van der Waals surface area contributed by atoms with E-state index in [2.05, 4.69) is 36.9 Å². The summed E-state index contributed by atoms with van der Waals surface area (Å²) in [5.41, 5.74) is 1.96. The monoisotopic (exact) mass is 442 g/mol. The van der Waals surface area contributed by atoms with Crippen LogP contribution in [0.15, 0.2) is 24.7 Å². The van der Waals surface area contributed by atoms with Crippen molar-refractivity contribution in [2.45, 2.75) is 20.0 Å². The number of aryl methyl sites for hydroxylation is 1. The Morgan fingerprint density at radius 2 is 1.94 bits per heavy atom. The predicted molar refractivity (Wildman–Crippen MR) is 112 cm³/mol. The molecule has 0 aliphatic rings. The smallest absolute Gasteiger partial charge is 0.323 e. The minimum Gasteiger partial charge on any atom is -0.479 e. The van der Waals surface area contributed by atoms with Crippen molar-refractivity contribution < 1.29 is 14.3 Å². The Morgan fingerprint density at radius 1 is 1.26 bits per heavy atom. The fraction of sp³-hybridized carbons (Fsp3) is 0.263. The van der Waals surface area contributed by atoms with Crippen molar-refractivity contribution in [3.8, 4) is 17.8 Å². The molecule has 3 aromatic rings. The fourth-order valence-electron chi connectivity index (χ4n) is 2.86. The second-order valence-corrected chi connectivity index (χ2v) is 6.69. The van der Waals surface area contributed by atoms with Gasteiger partial charge in [-0.25, -0.2) is 4.79 Å². The van der Waals surface area contributed by atoms with E-state index in [0.717, 1.165) is 0 Å². The van der Waals surface area contributed by atoms with Gasteiger partial charge < -0.3 is 20.1 Å². The topological polar surface area (TPSA) is 140 Å². The normalized spacial score (nSPS) is 11.5. The molecule has 0 fully saturated rings. The van der Waals surface area contributed by atoms with E-state index in [1.54, 1.807) is 13.8 Å². The molecule has 0 bridgehead atoms. The van der Waals surface area contributed by atoms with Crippen molar-refractivity contribution in [1.29, 1.82) is 5.26 Å². The number of carbonyl (C=O) groups excluding carboxylic acids is 1. The highest BCUT2D eigenvalue weighted by Gasteiger charge is 2.21. The van der Waals surface area contributed by atoms with E-state index in [0.29, 0.717) is 22.5 Å². The molecule has 3 rings (SSSR count). The number of amides is 2. The SMILES string of the molecule is COc1nc(-n2nccn2)c(Cl)cc1NC(=O)Nc1cnc(C)c(C#N)c1[C@@H](C)OC. The van der Waals surface area contributed by atoms with Gasteiger partial charge in [-0.1, -0.05) is 11.6 Å². The van der Waals surface area contributed by atoms with E-state index in [-0.39, 0.29) is 22.4 Å². The minimum absolute atomic E-state index is 0.108. The van der Waals surface area contributed by atoms with Gasteiger partial charge in [0, 0.05) is 12.7 Å². The number of pyridine rings is 2. The maximum Gasteiger partial charge on any atom is 0.323 e. The molecule has 0 saturated carbocycles. The summed E-state index contributed by atoms with van der Waals surface area (Å²) >= 11 is 6.28. The first-order valence-electron chi connectivity index (χ1n) is 9.01. The number of rotatable bonds is 6. The van der Waals surface area contributed by atoms with E-state index >= 15 is 0 Å². The molecule has 0 aliphatic heterocycles. The van der Waals surface area contributed by atoms with Gasteiger partial charge in [0.15, 0.2) is 5.82 Å². The van der Waals surface area contributed by atoms with Crippen LogP contribution in [-0.4, -0.2) is 45.2 Å². The van der Waals surface area contributed by atoms with Crippen LogP contribution in [0.3, 0.4) is 0 Å². The van der Waals surface area contributed by atoms with Crippen LogP contribution in [0.25, 0.3) is 5.82 Å². The minimum atomic E-state index is -0.611. The summed E-state index contributed by atoms with van der Waals surface area (Å²) in [6, 6.07) is 2.97. The van der Waals surface area contributed by atoms with Crippen LogP contribution in [0.2, 0.25) is 5.02 Å². The lowest BCUT2D eigenvalue weighted by molar-refractivity contribution is 0.120. The molecule has 0 saturated heterocycles. The summed E-state index contributed by atoms with van der Waals surface area (Å²) in [6.07, 6.45) is 3.98. The first-order chi connectivity index (χ1) is 14.9. The van der Waals surface area contributed by atoms with Crippen molar-refractivity contribution in [3.63, 3.8) is 0 Å². The van der Waals surface area contributed by atoms with Crippen LogP contribution in [0.4, 0.5) is 16.2 Å². The van der Waals surface area contributed by atoms with E-state index in [1.165, 1.54) is 43.7 Å². The second kappa shape index (κ2) is 9.38. The zero-order chi connectivity index (χ0) is 22.5. The zero-order valence-electron chi connectivity index (χ0n) is 17.2. The van der Waals surface area contributed by atoms with Crippen molar-refractivity contribution >= 4 is 29.0 Å². The van der Waals surface area contributed by atoms with Crippen LogP contribution in [-0.2, 0) is 4.74 Å². The first kappa shape index (κ1) is 21.9. The van der Waals surface area contributed by atoms with E-state index in [4.69, 9.17) is 21.1 Å². The molecule has 1 atom stereocenters. The largest absolute Gasteiger partial charge is 0.479 e. The van der Waals surface area contributed by atoms with Gasteiger partial charge in [-0.2, -0.15) is 20.4 Å². The number of halogens is 1. The number of ether oxygens (including phenoxy) is 2. The van der Waals surface area contributed by atoms with Gasteiger partial charge in [0.25, 0.3) is 0 Å². The molecule has 2 amide bonds. The molecule has 31 heavy (non-hydrogen) atoms. The molecule has 11 nitrogen and oxygen atoms in total. The van der Waals surface area contributed by atoms with Crippen LogP contribution in [0, 0.1) is 18.3 Å². The lowest BCUT2D eigenvalue weighted by Crippen LogP contribution is -2.22. The molecule has 3 heterocycles. The number of nitriles is 1. The van der Waals surface area contributed by atoms with Crippen LogP contribution in [0.1, 0.15) is 29.8 Å². The van der Waals surface area contributed by atoms with Gasteiger partial charge >= 0.3 is 6.03 Å². The van der Waals surface area contributed by atoms with Gasteiger partial charge in [0.2, 0.25) is 5.88 Å². The van der Waals surface area contributed by atoms with Crippen LogP contribution >= 0.6 is 11.6 Å². The first-order valence-corrected chi connectivity index (χ1v) is 9.39. The van der Waals surface area contributed by atoms with E-state index in [9.17, 15) is 10.1 Å². The van der Waals surface area contributed by atoms with E-state index in [1.807, 2.05) is 0 Å². The molecule has 0 unspecified atom stereocenters. The quantitative estimate of drug-likeness (QED) is 0.592. The number of hydrogen-bond donors (Lipinski definition) is 2. The van der Waals surface area contributed by atoms with Crippen molar-refractivity contribution in [2.24, 2.45) is 0 Å². The molecule has 0 spiro atoms. The Kier molecular flexibility index (Phi) is 6.64. The standard InChI is InChI=1S/C19H19ClN8O3/c1-10-12(8-21)16(11(2)30-3)15(9-22-10)26-19(29)25-14-7-13(20)17(27-18(14)31-4)28-23-5-6-24-28/h5-7,9,11H,1-4H3,(H2,25,26,29)/t11-/m1/s1. The molecule has 0 aromatic carbocycles. The summed E-state index contributed by atoms with van der Waals surface area (Å²) in [6.45, 7) is 3.48. The van der Waals surface area contributed by atoms with Gasteiger partial charge in [-0.3, -0.25) is 4.98 Å². The Hall–Kier alpha value is -3.75. The Bertz CT molecular complexity index is 1140. The third-order valence-electron chi connectivity index (χ3n) is 4.40.